The zero-order valence-electron chi connectivity index (χ0n) is 18.7. The highest BCUT2D eigenvalue weighted by Crippen LogP contribution is 2.29. The first kappa shape index (κ1) is 25.5. The van der Waals surface area contributed by atoms with Gasteiger partial charge in [-0.15, -0.1) is 11.3 Å². The van der Waals surface area contributed by atoms with Crippen molar-refractivity contribution in [1.82, 2.24) is 9.29 Å². The second kappa shape index (κ2) is 10.2. The molecular weight excluding hydrogens is 531 g/mol. The van der Waals surface area contributed by atoms with E-state index in [2.05, 4.69) is 10.6 Å². The Morgan fingerprint density at radius 3 is 2.53 bits per heavy atom. The minimum atomic E-state index is -4.17. The van der Waals surface area contributed by atoms with E-state index in [0.29, 0.717) is 10.8 Å². The van der Waals surface area contributed by atoms with E-state index in [4.69, 9.17) is 11.6 Å². The number of thiophene rings is 1. The van der Waals surface area contributed by atoms with Crippen molar-refractivity contribution < 1.29 is 22.7 Å². The van der Waals surface area contributed by atoms with Crippen molar-refractivity contribution >= 4 is 61.1 Å². The first-order valence-electron chi connectivity index (χ1n) is 10.6. The van der Waals surface area contributed by atoms with Crippen molar-refractivity contribution in [3.8, 4) is 11.6 Å². The Bertz CT molecular complexity index is 1640. The predicted octanol–water partition coefficient (Wildman–Crippen LogP) is 4.88. The van der Waals surface area contributed by atoms with E-state index in [1.54, 1.807) is 22.9 Å². The molecule has 2 aromatic carbocycles. The molecule has 0 aliphatic heterocycles. The summed E-state index contributed by atoms with van der Waals surface area (Å²) in [5.41, 5.74) is -0.205. The van der Waals surface area contributed by atoms with Gasteiger partial charge in [0.05, 0.1) is 10.0 Å². The Kier molecular flexibility index (Phi) is 7.20. The van der Waals surface area contributed by atoms with Gasteiger partial charge >= 0.3 is 6.03 Å². The highest BCUT2D eigenvalue weighted by atomic mass is 35.5. The van der Waals surface area contributed by atoms with Crippen LogP contribution in [0.15, 0.2) is 63.6 Å². The first-order chi connectivity index (χ1) is 17.1. The molecule has 2 aromatic heterocycles. The molecular formula is C23H20ClFN4O5S2. The third-order valence-electron chi connectivity index (χ3n) is 5.07. The van der Waals surface area contributed by atoms with Crippen molar-refractivity contribution in [2.75, 3.05) is 17.2 Å². The number of amides is 2. The second-order valence-electron chi connectivity index (χ2n) is 7.65. The van der Waals surface area contributed by atoms with Crippen molar-refractivity contribution in [2.24, 2.45) is 0 Å². The van der Waals surface area contributed by atoms with Gasteiger partial charge in [0.1, 0.15) is 10.0 Å². The van der Waals surface area contributed by atoms with E-state index in [1.807, 2.05) is 6.92 Å². The monoisotopic (exact) mass is 550 g/mol. The Morgan fingerprint density at radius 1 is 1.11 bits per heavy atom. The third kappa shape index (κ3) is 5.30. The second-order valence-corrected chi connectivity index (χ2v) is 11.3. The van der Waals surface area contributed by atoms with Gasteiger partial charge in [0.15, 0.2) is 0 Å². The van der Waals surface area contributed by atoms with Gasteiger partial charge in [-0.2, -0.15) is 0 Å². The molecule has 0 fully saturated rings. The number of halogens is 2. The van der Waals surface area contributed by atoms with Crippen molar-refractivity contribution in [2.45, 2.75) is 17.6 Å². The van der Waals surface area contributed by atoms with Crippen molar-refractivity contribution in [3.63, 3.8) is 0 Å². The van der Waals surface area contributed by atoms with Gasteiger partial charge in [-0.05, 0) is 60.3 Å². The standard InChI is InChI=1S/C23H20ClFN4O5S2/c1-2-9-26-14-3-5-16-13(10-14)11-20(30)29(22(16)31)18-6-4-15(12-17(18)25)27-23(32)28-36(33,34)21-8-7-19(24)35-21/h3-8,10-12,26,31H,2,9H2,1H3,(H2,27,28,32). The van der Waals surface area contributed by atoms with Gasteiger partial charge in [-0.1, -0.05) is 18.5 Å². The number of benzene rings is 2. The average molecular weight is 551 g/mol. The highest BCUT2D eigenvalue weighted by Gasteiger charge is 2.21. The summed E-state index contributed by atoms with van der Waals surface area (Å²) in [5, 5.41) is 17.0. The maximum atomic E-state index is 15.0. The minimum Gasteiger partial charge on any atom is -0.494 e. The van der Waals surface area contributed by atoms with Crippen LogP contribution in [-0.2, 0) is 10.0 Å². The summed E-state index contributed by atoms with van der Waals surface area (Å²) in [4.78, 5) is 24.9. The zero-order chi connectivity index (χ0) is 26.0. The van der Waals surface area contributed by atoms with Crippen LogP contribution in [-0.4, -0.2) is 30.7 Å². The molecule has 188 valence electrons. The lowest BCUT2D eigenvalue weighted by Gasteiger charge is -2.14. The topological polar surface area (TPSA) is 130 Å². The van der Waals surface area contributed by atoms with E-state index in [-0.39, 0.29) is 19.9 Å². The van der Waals surface area contributed by atoms with E-state index < -0.39 is 33.3 Å². The van der Waals surface area contributed by atoms with Gasteiger partial charge < -0.3 is 15.7 Å². The molecule has 0 saturated carbocycles. The quantitative estimate of drug-likeness (QED) is 0.259. The van der Waals surface area contributed by atoms with Crippen LogP contribution in [0.25, 0.3) is 16.5 Å². The van der Waals surface area contributed by atoms with Crippen molar-refractivity contribution in [3.05, 3.63) is 75.1 Å². The van der Waals surface area contributed by atoms with Crippen LogP contribution in [0.2, 0.25) is 4.34 Å². The van der Waals surface area contributed by atoms with E-state index in [0.717, 1.165) is 40.6 Å². The van der Waals surface area contributed by atoms with E-state index >= 15 is 0 Å². The Labute approximate surface area is 214 Å². The molecule has 4 aromatic rings. The Balaban J connectivity index is 1.58. The summed E-state index contributed by atoms with van der Waals surface area (Å²) < 4.78 is 42.1. The van der Waals surface area contributed by atoms with Crippen molar-refractivity contribution in [1.29, 1.82) is 0 Å². The van der Waals surface area contributed by atoms with Crippen LogP contribution in [0.1, 0.15) is 13.3 Å². The number of sulfonamides is 1. The number of aromatic hydroxyl groups is 1. The maximum Gasteiger partial charge on any atom is 0.333 e. The maximum absolute atomic E-state index is 15.0. The molecule has 2 heterocycles. The number of hydrogen-bond donors (Lipinski definition) is 4. The molecule has 0 aliphatic carbocycles. The number of urea groups is 1. The van der Waals surface area contributed by atoms with E-state index in [9.17, 15) is 27.5 Å². The van der Waals surface area contributed by atoms with Gasteiger partial charge in [0, 0.05) is 29.4 Å². The summed E-state index contributed by atoms with van der Waals surface area (Å²) in [7, 11) is -4.17. The number of aromatic nitrogens is 1. The molecule has 0 bridgehead atoms. The van der Waals surface area contributed by atoms with Gasteiger partial charge in [-0.25, -0.2) is 26.9 Å². The van der Waals surface area contributed by atoms with Gasteiger partial charge in [0.25, 0.3) is 15.6 Å². The molecule has 0 saturated heterocycles. The molecule has 0 atom stereocenters. The summed E-state index contributed by atoms with van der Waals surface area (Å²) >= 11 is 6.50. The Morgan fingerprint density at radius 2 is 1.86 bits per heavy atom. The molecule has 13 heteroatoms. The number of carbonyl (C=O) groups is 1. The molecule has 0 spiro atoms. The number of anilines is 2. The van der Waals surface area contributed by atoms with Gasteiger partial charge in [-0.3, -0.25) is 4.79 Å². The molecule has 0 aliphatic rings. The zero-order valence-corrected chi connectivity index (χ0v) is 21.1. The van der Waals surface area contributed by atoms with Crippen LogP contribution in [0, 0.1) is 5.82 Å². The minimum absolute atomic E-state index is 0.0758. The smallest absolute Gasteiger partial charge is 0.333 e. The van der Waals surface area contributed by atoms with Crippen LogP contribution >= 0.6 is 22.9 Å². The summed E-state index contributed by atoms with van der Waals surface area (Å²) in [6, 6.07) is 11.2. The fourth-order valence-electron chi connectivity index (χ4n) is 3.46. The molecule has 4 rings (SSSR count). The van der Waals surface area contributed by atoms with Crippen LogP contribution in [0.3, 0.4) is 0 Å². The summed E-state index contributed by atoms with van der Waals surface area (Å²) in [6.07, 6.45) is 0.913. The fraction of sp³-hybridized carbons (Fsp3) is 0.130. The highest BCUT2D eigenvalue weighted by molar-refractivity contribution is 7.92. The molecule has 2 amide bonds. The van der Waals surface area contributed by atoms with E-state index in [1.165, 1.54) is 30.3 Å². The number of nitrogens with zero attached hydrogens (tertiary/aromatic N) is 1. The number of pyridine rings is 1. The van der Waals surface area contributed by atoms with Crippen LogP contribution in [0.5, 0.6) is 5.88 Å². The lowest BCUT2D eigenvalue weighted by molar-refractivity contribution is 0.256. The molecule has 4 N–H and O–H groups in total. The number of nitrogens with one attached hydrogen (secondary N) is 3. The van der Waals surface area contributed by atoms with Gasteiger partial charge in [0.2, 0.25) is 5.88 Å². The number of rotatable bonds is 7. The molecule has 0 unspecified atom stereocenters. The average Bonchev–Trinajstić information content (AvgIpc) is 3.26. The lowest BCUT2D eigenvalue weighted by Crippen LogP contribution is -2.34. The van der Waals surface area contributed by atoms with Crippen LogP contribution in [0.4, 0.5) is 20.6 Å². The molecule has 36 heavy (non-hydrogen) atoms. The SMILES string of the molecule is CCCNc1ccc2c(O)n(-c3ccc(NC(=O)NS(=O)(=O)c4ccc(Cl)s4)cc3F)c(=O)cc2c1. The summed E-state index contributed by atoms with van der Waals surface area (Å²) in [5.74, 6) is -1.38. The fourth-order valence-corrected chi connectivity index (χ4v) is 5.85. The predicted molar refractivity (Wildman–Crippen MR) is 139 cm³/mol. The largest absolute Gasteiger partial charge is 0.494 e. The van der Waals surface area contributed by atoms with Crippen LogP contribution < -0.4 is 20.9 Å². The Hall–Kier alpha value is -3.61. The molecule has 9 nitrogen and oxygen atoms in total. The lowest BCUT2D eigenvalue weighted by atomic mass is 10.1. The summed E-state index contributed by atoms with van der Waals surface area (Å²) in [6.45, 7) is 2.76. The number of fused-ring (bicyclic) bond motifs is 1. The molecule has 0 radical (unpaired) electrons. The number of carbonyl (C=O) groups excluding carboxylic acids is 1. The number of hydrogen-bond acceptors (Lipinski definition) is 7. The third-order valence-corrected chi connectivity index (χ3v) is 8.12. The normalized spacial score (nSPS) is 11.4. The first-order valence-corrected chi connectivity index (χ1v) is 13.3.